The molecule has 1 heterocycles. The zero-order chi connectivity index (χ0) is 11.0. The van der Waals surface area contributed by atoms with Crippen molar-refractivity contribution in [3.05, 3.63) is 28.7 Å². The molecule has 2 aromatic rings. The molecule has 2 rings (SSSR count). The van der Waals surface area contributed by atoms with Crippen LogP contribution in [0.2, 0.25) is 0 Å². The van der Waals surface area contributed by atoms with E-state index in [0.717, 1.165) is 4.47 Å². The summed E-state index contributed by atoms with van der Waals surface area (Å²) in [5.41, 5.74) is 7.00. The third-order valence-electron chi connectivity index (χ3n) is 2.15. The van der Waals surface area contributed by atoms with E-state index in [1.165, 1.54) is 0 Å². The molecular formula is C10H10BrN3O. The van der Waals surface area contributed by atoms with Crippen LogP contribution in [0, 0.1) is 0 Å². The Morgan fingerprint density at radius 1 is 1.40 bits per heavy atom. The minimum Gasteiger partial charge on any atom is -0.507 e. The minimum atomic E-state index is 0.191. The molecule has 0 aliphatic rings. The van der Waals surface area contributed by atoms with E-state index in [4.69, 9.17) is 5.73 Å². The predicted octanol–water partition coefficient (Wildman–Crippen LogP) is 2.14. The summed E-state index contributed by atoms with van der Waals surface area (Å²) in [5, 5.41) is 13.9. The summed E-state index contributed by atoms with van der Waals surface area (Å²) in [4.78, 5) is 0. The Morgan fingerprint density at radius 3 is 2.73 bits per heavy atom. The lowest BCUT2D eigenvalue weighted by molar-refractivity contribution is 0.477. The summed E-state index contributed by atoms with van der Waals surface area (Å²) >= 11 is 3.34. The molecular weight excluding hydrogens is 258 g/mol. The molecule has 0 spiro atoms. The van der Waals surface area contributed by atoms with Gasteiger partial charge in [0.05, 0.1) is 5.69 Å². The SMILES string of the molecule is Cn1nc(-c2cc(Br)ccc2O)cc1N. The third-order valence-corrected chi connectivity index (χ3v) is 2.64. The molecule has 1 aromatic carbocycles. The highest BCUT2D eigenvalue weighted by Crippen LogP contribution is 2.31. The van der Waals surface area contributed by atoms with Gasteiger partial charge in [0.15, 0.2) is 0 Å². The standard InChI is InChI=1S/C10H10BrN3O/c1-14-10(12)5-8(13-14)7-4-6(11)2-3-9(7)15/h2-5,15H,12H2,1H3. The second-order valence-corrected chi connectivity index (χ2v) is 4.16. The van der Waals surface area contributed by atoms with E-state index in [2.05, 4.69) is 21.0 Å². The van der Waals surface area contributed by atoms with Crippen LogP contribution >= 0.6 is 15.9 Å². The van der Waals surface area contributed by atoms with Crippen molar-refractivity contribution in [3.63, 3.8) is 0 Å². The van der Waals surface area contributed by atoms with Crippen molar-refractivity contribution in [1.82, 2.24) is 9.78 Å². The maximum atomic E-state index is 9.68. The Hall–Kier alpha value is -1.49. The van der Waals surface area contributed by atoms with E-state index >= 15 is 0 Å². The first kappa shape index (κ1) is 10.0. The number of benzene rings is 1. The van der Waals surface area contributed by atoms with E-state index in [9.17, 15) is 5.11 Å². The summed E-state index contributed by atoms with van der Waals surface area (Å²) in [6.07, 6.45) is 0. The molecule has 15 heavy (non-hydrogen) atoms. The van der Waals surface area contributed by atoms with Gasteiger partial charge >= 0.3 is 0 Å². The van der Waals surface area contributed by atoms with Crippen LogP contribution in [0.3, 0.4) is 0 Å². The molecule has 0 unspecified atom stereocenters. The first-order chi connectivity index (χ1) is 7.08. The van der Waals surface area contributed by atoms with E-state index in [1.54, 1.807) is 36.0 Å². The summed E-state index contributed by atoms with van der Waals surface area (Å²) in [6, 6.07) is 6.91. The lowest BCUT2D eigenvalue weighted by Crippen LogP contribution is -1.96. The van der Waals surface area contributed by atoms with Crippen molar-refractivity contribution in [2.45, 2.75) is 0 Å². The van der Waals surface area contributed by atoms with Gasteiger partial charge in [-0.15, -0.1) is 0 Å². The summed E-state index contributed by atoms with van der Waals surface area (Å²) < 4.78 is 2.45. The lowest BCUT2D eigenvalue weighted by atomic mass is 10.1. The zero-order valence-electron chi connectivity index (χ0n) is 8.11. The number of nitrogen functional groups attached to an aromatic ring is 1. The van der Waals surface area contributed by atoms with Crippen molar-refractivity contribution >= 4 is 21.7 Å². The van der Waals surface area contributed by atoms with Crippen LogP contribution < -0.4 is 5.73 Å². The molecule has 0 bridgehead atoms. The summed E-state index contributed by atoms with van der Waals surface area (Å²) in [7, 11) is 1.76. The second kappa shape index (κ2) is 3.58. The molecule has 0 amide bonds. The first-order valence-electron chi connectivity index (χ1n) is 4.36. The van der Waals surface area contributed by atoms with E-state index in [0.29, 0.717) is 17.1 Å². The van der Waals surface area contributed by atoms with Crippen molar-refractivity contribution in [2.24, 2.45) is 7.05 Å². The normalized spacial score (nSPS) is 10.5. The molecule has 4 nitrogen and oxygen atoms in total. The number of anilines is 1. The van der Waals surface area contributed by atoms with Crippen LogP contribution in [0.15, 0.2) is 28.7 Å². The number of hydrogen-bond acceptors (Lipinski definition) is 3. The van der Waals surface area contributed by atoms with Gasteiger partial charge in [-0.1, -0.05) is 15.9 Å². The molecule has 5 heteroatoms. The largest absolute Gasteiger partial charge is 0.507 e. The van der Waals surface area contributed by atoms with Crippen LogP contribution in [-0.4, -0.2) is 14.9 Å². The number of nitrogens with two attached hydrogens (primary N) is 1. The molecule has 0 atom stereocenters. The number of aryl methyl sites for hydroxylation is 1. The lowest BCUT2D eigenvalue weighted by Gasteiger charge is -2.01. The molecule has 1 aromatic heterocycles. The molecule has 0 aliphatic heterocycles. The quantitative estimate of drug-likeness (QED) is 0.832. The Morgan fingerprint density at radius 2 is 2.13 bits per heavy atom. The monoisotopic (exact) mass is 267 g/mol. The highest BCUT2D eigenvalue weighted by atomic mass is 79.9. The molecule has 0 saturated carbocycles. The van der Waals surface area contributed by atoms with E-state index < -0.39 is 0 Å². The number of phenolic OH excluding ortho intramolecular Hbond substituents is 1. The number of hydrogen-bond donors (Lipinski definition) is 2. The van der Waals surface area contributed by atoms with Gasteiger partial charge in [0.1, 0.15) is 11.6 Å². The fraction of sp³-hybridized carbons (Fsp3) is 0.100. The average Bonchev–Trinajstić information content (AvgIpc) is 2.51. The number of aromatic nitrogens is 2. The van der Waals surface area contributed by atoms with Gasteiger partial charge < -0.3 is 10.8 Å². The first-order valence-corrected chi connectivity index (χ1v) is 5.15. The van der Waals surface area contributed by atoms with Gasteiger partial charge in [0, 0.05) is 23.2 Å². The molecule has 3 N–H and O–H groups in total. The van der Waals surface area contributed by atoms with Gasteiger partial charge in [0.2, 0.25) is 0 Å². The minimum absolute atomic E-state index is 0.191. The summed E-state index contributed by atoms with van der Waals surface area (Å²) in [5.74, 6) is 0.751. The molecule has 0 saturated heterocycles. The van der Waals surface area contributed by atoms with Gasteiger partial charge in [-0.05, 0) is 18.2 Å². The Bertz CT molecular complexity index is 488. The van der Waals surface area contributed by atoms with Gasteiger partial charge in [0.25, 0.3) is 0 Å². The van der Waals surface area contributed by atoms with Crippen molar-refractivity contribution in [2.75, 3.05) is 5.73 Å². The van der Waals surface area contributed by atoms with Crippen molar-refractivity contribution in [1.29, 1.82) is 0 Å². The number of aromatic hydroxyl groups is 1. The Labute approximate surface area is 95.5 Å². The van der Waals surface area contributed by atoms with E-state index in [-0.39, 0.29) is 5.75 Å². The number of nitrogens with zero attached hydrogens (tertiary/aromatic N) is 2. The zero-order valence-corrected chi connectivity index (χ0v) is 9.69. The van der Waals surface area contributed by atoms with Gasteiger partial charge in [-0.25, -0.2) is 0 Å². The average molecular weight is 268 g/mol. The van der Waals surface area contributed by atoms with Crippen LogP contribution in [0.4, 0.5) is 5.82 Å². The molecule has 0 fully saturated rings. The maximum Gasteiger partial charge on any atom is 0.125 e. The maximum absolute atomic E-state index is 9.68. The molecule has 78 valence electrons. The molecule has 0 radical (unpaired) electrons. The van der Waals surface area contributed by atoms with Crippen molar-refractivity contribution < 1.29 is 5.11 Å². The van der Waals surface area contributed by atoms with Crippen LogP contribution in [0.1, 0.15) is 0 Å². The predicted molar refractivity (Wildman–Crippen MR) is 62.4 cm³/mol. The van der Waals surface area contributed by atoms with Crippen LogP contribution in [0.5, 0.6) is 5.75 Å². The third kappa shape index (κ3) is 1.83. The van der Waals surface area contributed by atoms with E-state index in [1.807, 2.05) is 0 Å². The highest BCUT2D eigenvalue weighted by Gasteiger charge is 2.09. The summed E-state index contributed by atoms with van der Waals surface area (Å²) in [6.45, 7) is 0. The van der Waals surface area contributed by atoms with Crippen LogP contribution in [-0.2, 0) is 7.05 Å². The number of rotatable bonds is 1. The topological polar surface area (TPSA) is 64.1 Å². The van der Waals surface area contributed by atoms with Crippen molar-refractivity contribution in [3.8, 4) is 17.0 Å². The second-order valence-electron chi connectivity index (χ2n) is 3.24. The fourth-order valence-electron chi connectivity index (χ4n) is 1.33. The van der Waals surface area contributed by atoms with Gasteiger partial charge in [-0.3, -0.25) is 4.68 Å². The molecule has 0 aliphatic carbocycles. The van der Waals surface area contributed by atoms with Crippen LogP contribution in [0.25, 0.3) is 11.3 Å². The Balaban J connectivity index is 2.58. The number of phenols is 1. The van der Waals surface area contributed by atoms with Gasteiger partial charge in [-0.2, -0.15) is 5.10 Å². The number of halogens is 1. The fourth-order valence-corrected chi connectivity index (χ4v) is 1.69. The smallest absolute Gasteiger partial charge is 0.125 e. The highest BCUT2D eigenvalue weighted by molar-refractivity contribution is 9.10. The Kier molecular flexibility index (Phi) is 2.40.